The van der Waals surface area contributed by atoms with E-state index in [4.69, 9.17) is 4.74 Å². The normalized spacial score (nSPS) is 22.2. The van der Waals surface area contributed by atoms with Crippen molar-refractivity contribution in [1.82, 2.24) is 15.6 Å². The fourth-order valence-corrected chi connectivity index (χ4v) is 2.22. The Morgan fingerprint density at radius 2 is 2.29 bits per heavy atom. The molecule has 1 aliphatic heterocycles. The van der Waals surface area contributed by atoms with E-state index in [1.807, 2.05) is 0 Å². The summed E-state index contributed by atoms with van der Waals surface area (Å²) in [7, 11) is 0. The summed E-state index contributed by atoms with van der Waals surface area (Å²) in [5, 5.41) is 6.40. The zero-order valence-electron chi connectivity index (χ0n) is 12.2. The summed E-state index contributed by atoms with van der Waals surface area (Å²) in [5.41, 5.74) is 0. The van der Waals surface area contributed by atoms with Crippen LogP contribution < -0.4 is 15.4 Å². The number of amides is 1. The van der Waals surface area contributed by atoms with Gasteiger partial charge >= 0.3 is 0 Å². The Morgan fingerprint density at radius 3 is 2.90 bits per heavy atom. The highest BCUT2D eigenvalue weighted by molar-refractivity contribution is 5.85. The zero-order chi connectivity index (χ0) is 13.7. The van der Waals surface area contributed by atoms with Gasteiger partial charge in [-0.2, -0.15) is 0 Å². The highest BCUT2D eigenvalue weighted by atomic mass is 35.5. The van der Waals surface area contributed by atoms with Crippen LogP contribution in [0.4, 0.5) is 0 Å². The summed E-state index contributed by atoms with van der Waals surface area (Å²) in [4.78, 5) is 16.0. The third-order valence-corrected chi connectivity index (χ3v) is 3.41. The van der Waals surface area contributed by atoms with Crippen molar-refractivity contribution in [3.05, 3.63) is 24.5 Å². The van der Waals surface area contributed by atoms with Gasteiger partial charge in [-0.1, -0.05) is 0 Å². The van der Waals surface area contributed by atoms with Gasteiger partial charge in [-0.15, -0.1) is 24.8 Å². The third kappa shape index (κ3) is 6.08. The maximum Gasteiger partial charge on any atom is 0.261 e. The molecule has 21 heavy (non-hydrogen) atoms. The number of nitrogens with one attached hydrogen (secondary N) is 2. The van der Waals surface area contributed by atoms with Crippen molar-refractivity contribution in [3.8, 4) is 5.75 Å². The van der Waals surface area contributed by atoms with Crippen LogP contribution in [0.5, 0.6) is 5.75 Å². The number of carbonyl (C=O) groups is 1. The number of rotatable bonds is 4. The number of aromatic nitrogens is 1. The molecule has 7 heteroatoms. The second-order valence-electron chi connectivity index (χ2n) is 4.95. The maximum absolute atomic E-state index is 12.1. The molecule has 1 fully saturated rings. The largest absolute Gasteiger partial charge is 0.479 e. The van der Waals surface area contributed by atoms with Crippen molar-refractivity contribution >= 4 is 30.7 Å². The number of hydrogen-bond donors (Lipinski definition) is 2. The van der Waals surface area contributed by atoms with Crippen LogP contribution in [-0.2, 0) is 4.79 Å². The lowest BCUT2D eigenvalue weighted by atomic mass is 10.00. The monoisotopic (exact) mass is 335 g/mol. The highest BCUT2D eigenvalue weighted by Gasteiger charge is 2.25. The molecule has 1 aromatic heterocycles. The van der Waals surface area contributed by atoms with E-state index in [0.29, 0.717) is 11.8 Å². The molecule has 2 heterocycles. The lowest BCUT2D eigenvalue weighted by molar-refractivity contribution is -0.128. The van der Waals surface area contributed by atoms with Gasteiger partial charge in [0.25, 0.3) is 5.91 Å². The first-order valence-electron chi connectivity index (χ1n) is 6.77. The van der Waals surface area contributed by atoms with Crippen molar-refractivity contribution in [2.75, 3.05) is 6.54 Å². The van der Waals surface area contributed by atoms with Crippen LogP contribution in [0.3, 0.4) is 0 Å². The van der Waals surface area contributed by atoms with Crippen molar-refractivity contribution in [1.29, 1.82) is 0 Å². The molecule has 120 valence electrons. The molecule has 1 amide bonds. The first-order chi connectivity index (χ1) is 9.16. The number of hydrogen-bond acceptors (Lipinski definition) is 4. The van der Waals surface area contributed by atoms with Crippen LogP contribution in [0.25, 0.3) is 0 Å². The number of piperidine rings is 1. The molecular weight excluding hydrogens is 313 g/mol. The van der Waals surface area contributed by atoms with Crippen LogP contribution in [0.1, 0.15) is 26.7 Å². The minimum absolute atomic E-state index is 0. The predicted octanol–water partition coefficient (Wildman–Crippen LogP) is 1.95. The molecule has 2 N–H and O–H groups in total. The molecule has 0 aromatic carbocycles. The Balaban J connectivity index is 0.00000200. The second kappa shape index (κ2) is 9.82. The minimum Gasteiger partial charge on any atom is -0.479 e. The van der Waals surface area contributed by atoms with Gasteiger partial charge in [-0.3, -0.25) is 9.78 Å². The molecule has 0 spiro atoms. The lowest BCUT2D eigenvalue weighted by Gasteiger charge is -2.31. The summed E-state index contributed by atoms with van der Waals surface area (Å²) in [5.74, 6) is 0.532. The van der Waals surface area contributed by atoms with Crippen LogP contribution in [-0.4, -0.2) is 35.6 Å². The van der Waals surface area contributed by atoms with Crippen molar-refractivity contribution in [2.45, 2.75) is 44.9 Å². The van der Waals surface area contributed by atoms with E-state index < -0.39 is 6.10 Å². The molecule has 3 unspecified atom stereocenters. The van der Waals surface area contributed by atoms with Crippen molar-refractivity contribution in [3.63, 3.8) is 0 Å². The Hall–Kier alpha value is -1.04. The number of ether oxygens (including phenoxy) is 1. The first-order valence-corrected chi connectivity index (χ1v) is 6.77. The Bertz CT molecular complexity index is 420. The molecule has 0 saturated carbocycles. The van der Waals surface area contributed by atoms with Crippen LogP contribution in [0, 0.1) is 0 Å². The van der Waals surface area contributed by atoms with E-state index in [1.54, 1.807) is 31.5 Å². The standard InChI is InChI=1S/C14H21N3O2.2ClH/c1-10-13(6-4-8-16-10)17-14(18)11(2)19-12-5-3-7-15-9-12;;/h3,5,7,9-11,13,16H,4,6,8H2,1-2H3,(H,17,18);2*1H. The van der Waals surface area contributed by atoms with Crippen LogP contribution in [0.15, 0.2) is 24.5 Å². The van der Waals surface area contributed by atoms with E-state index >= 15 is 0 Å². The average Bonchev–Trinajstić information content (AvgIpc) is 2.42. The Morgan fingerprint density at radius 1 is 1.52 bits per heavy atom. The molecule has 0 aliphatic carbocycles. The summed E-state index contributed by atoms with van der Waals surface area (Å²) in [6.07, 6.45) is 4.87. The van der Waals surface area contributed by atoms with Gasteiger partial charge in [0.1, 0.15) is 5.75 Å². The maximum atomic E-state index is 12.1. The van der Waals surface area contributed by atoms with Gasteiger partial charge in [0, 0.05) is 18.3 Å². The van der Waals surface area contributed by atoms with Crippen molar-refractivity contribution in [2.24, 2.45) is 0 Å². The number of halogens is 2. The van der Waals surface area contributed by atoms with E-state index in [2.05, 4.69) is 22.5 Å². The second-order valence-corrected chi connectivity index (χ2v) is 4.95. The highest BCUT2D eigenvalue weighted by Crippen LogP contribution is 2.11. The molecular formula is C14H23Cl2N3O2. The topological polar surface area (TPSA) is 63.2 Å². The fourth-order valence-electron chi connectivity index (χ4n) is 2.22. The summed E-state index contributed by atoms with van der Waals surface area (Å²) < 4.78 is 5.56. The van der Waals surface area contributed by atoms with Gasteiger partial charge in [0.05, 0.1) is 6.20 Å². The number of nitrogens with zero attached hydrogens (tertiary/aromatic N) is 1. The van der Waals surface area contributed by atoms with Gasteiger partial charge < -0.3 is 15.4 Å². The van der Waals surface area contributed by atoms with Crippen LogP contribution >= 0.6 is 24.8 Å². The van der Waals surface area contributed by atoms with E-state index in [0.717, 1.165) is 19.4 Å². The van der Waals surface area contributed by atoms with Gasteiger partial charge in [0.15, 0.2) is 6.10 Å². The minimum atomic E-state index is -0.515. The Kier molecular flexibility index (Phi) is 9.33. The smallest absolute Gasteiger partial charge is 0.261 e. The third-order valence-electron chi connectivity index (χ3n) is 3.41. The molecule has 1 aromatic rings. The first kappa shape index (κ1) is 20.0. The summed E-state index contributed by atoms with van der Waals surface area (Å²) in [6, 6.07) is 4.07. The van der Waals surface area contributed by atoms with Crippen LogP contribution in [0.2, 0.25) is 0 Å². The molecule has 2 rings (SSSR count). The van der Waals surface area contributed by atoms with E-state index in [-0.39, 0.29) is 36.8 Å². The zero-order valence-corrected chi connectivity index (χ0v) is 13.9. The summed E-state index contributed by atoms with van der Waals surface area (Å²) in [6.45, 7) is 4.87. The number of carbonyl (C=O) groups excluding carboxylic acids is 1. The Labute approximate surface area is 138 Å². The number of pyridine rings is 1. The quantitative estimate of drug-likeness (QED) is 0.882. The molecule has 5 nitrogen and oxygen atoms in total. The van der Waals surface area contributed by atoms with Gasteiger partial charge in [0.2, 0.25) is 0 Å². The fraction of sp³-hybridized carbons (Fsp3) is 0.571. The van der Waals surface area contributed by atoms with Gasteiger partial charge in [-0.05, 0) is 45.4 Å². The molecule has 1 aliphatic rings. The SMILES string of the molecule is CC(Oc1cccnc1)C(=O)NC1CCCNC1C.Cl.Cl. The molecule has 3 atom stereocenters. The molecule has 0 radical (unpaired) electrons. The summed E-state index contributed by atoms with van der Waals surface area (Å²) >= 11 is 0. The average molecular weight is 336 g/mol. The van der Waals surface area contributed by atoms with Crippen molar-refractivity contribution < 1.29 is 9.53 Å². The molecule has 1 saturated heterocycles. The predicted molar refractivity (Wildman–Crippen MR) is 87.5 cm³/mol. The lowest BCUT2D eigenvalue weighted by Crippen LogP contribution is -2.54. The van der Waals surface area contributed by atoms with Gasteiger partial charge in [-0.25, -0.2) is 0 Å². The van der Waals surface area contributed by atoms with E-state index in [9.17, 15) is 4.79 Å². The van der Waals surface area contributed by atoms with E-state index in [1.165, 1.54) is 0 Å². The molecule has 0 bridgehead atoms.